The third kappa shape index (κ3) is 21.2. The molecule has 0 fully saturated rings. The summed E-state index contributed by atoms with van der Waals surface area (Å²) < 4.78 is 0. The largest absolute Gasteiger partial charge is 0.0691 e. The molecule has 0 heterocycles. The molecule has 0 amide bonds. The van der Waals surface area contributed by atoms with E-state index in [0.29, 0.717) is 0 Å². The molecule has 176 valence electrons. The quantitative estimate of drug-likeness (QED) is 0.107. The van der Waals surface area contributed by atoms with E-state index in [1.165, 1.54) is 116 Å². The van der Waals surface area contributed by atoms with Gasteiger partial charge in [0.2, 0.25) is 0 Å². The maximum atomic E-state index is 2.78. The first-order valence-corrected chi connectivity index (χ1v) is 17.3. The smallest absolute Gasteiger partial charge is 0.0504 e. The maximum absolute atomic E-state index is 2.78. The lowest BCUT2D eigenvalue weighted by molar-refractivity contribution is 0.589. The van der Waals surface area contributed by atoms with E-state index in [2.05, 4.69) is 27.3 Å². The predicted molar refractivity (Wildman–Crippen MR) is 140 cm³/mol. The predicted octanol–water partition coefficient (Wildman–Crippen LogP) is 11.3. The van der Waals surface area contributed by atoms with Gasteiger partial charge in [-0.3, -0.25) is 0 Å². The lowest BCUT2D eigenvalue weighted by Gasteiger charge is -2.28. The van der Waals surface area contributed by atoms with Crippen LogP contribution in [0.1, 0.15) is 156 Å². The summed E-state index contributed by atoms with van der Waals surface area (Å²) in [5.41, 5.74) is 0. The summed E-state index contributed by atoms with van der Waals surface area (Å²) in [6.07, 6.45) is 31.0. The molecular formula is C28H60Si. The van der Waals surface area contributed by atoms with Crippen LogP contribution < -0.4 is 0 Å². The summed E-state index contributed by atoms with van der Waals surface area (Å²) in [4.78, 5) is 0. The van der Waals surface area contributed by atoms with E-state index < -0.39 is 8.07 Å². The molecule has 0 aliphatic rings. The summed E-state index contributed by atoms with van der Waals surface area (Å²) in [6, 6.07) is 4.89. The van der Waals surface area contributed by atoms with Crippen molar-refractivity contribution >= 4 is 8.07 Å². The van der Waals surface area contributed by atoms with Gasteiger partial charge in [0.15, 0.2) is 0 Å². The third-order valence-corrected chi connectivity index (χ3v) is 11.8. The number of hydrogen-bond acceptors (Lipinski definition) is 0. The van der Waals surface area contributed by atoms with E-state index >= 15 is 0 Å². The highest BCUT2D eigenvalue weighted by molar-refractivity contribution is 6.78. The van der Waals surface area contributed by atoms with E-state index in [0.717, 1.165) is 0 Å². The van der Waals surface area contributed by atoms with Crippen LogP contribution in [-0.2, 0) is 0 Å². The summed E-state index contributed by atoms with van der Waals surface area (Å²) in [5.74, 6) is 0. The Balaban J connectivity index is 4.03. The topological polar surface area (TPSA) is 0 Å². The lowest BCUT2D eigenvalue weighted by Crippen LogP contribution is -2.29. The Hall–Kier alpha value is 0.217. The van der Waals surface area contributed by atoms with Gasteiger partial charge in [-0.2, -0.15) is 0 Å². The van der Waals surface area contributed by atoms with Crippen molar-refractivity contribution in [3.8, 4) is 0 Å². The maximum Gasteiger partial charge on any atom is 0.0504 e. The van der Waals surface area contributed by atoms with Gasteiger partial charge >= 0.3 is 0 Å². The van der Waals surface area contributed by atoms with Crippen molar-refractivity contribution in [1.29, 1.82) is 0 Å². The first-order chi connectivity index (χ1) is 14.2. The van der Waals surface area contributed by atoms with Gasteiger partial charge in [0.05, 0.1) is 8.07 Å². The number of unbranched alkanes of at least 4 members (excludes halogenated alkanes) is 18. The summed E-state index contributed by atoms with van der Waals surface area (Å²) in [6.45, 7) is 9.75. The second-order valence-electron chi connectivity index (χ2n) is 10.4. The molecular weight excluding hydrogens is 364 g/mol. The fourth-order valence-corrected chi connectivity index (χ4v) is 8.96. The van der Waals surface area contributed by atoms with Gasteiger partial charge in [0.1, 0.15) is 0 Å². The molecule has 0 radical (unpaired) electrons. The minimum Gasteiger partial charge on any atom is -0.0691 e. The average Bonchev–Trinajstić information content (AvgIpc) is 2.72. The van der Waals surface area contributed by atoms with Crippen molar-refractivity contribution in [3.63, 3.8) is 0 Å². The Labute approximate surface area is 188 Å². The van der Waals surface area contributed by atoms with E-state index in [1.54, 1.807) is 37.4 Å². The zero-order valence-electron chi connectivity index (χ0n) is 21.5. The molecule has 0 aliphatic heterocycles. The highest BCUT2D eigenvalue weighted by atomic mass is 28.3. The van der Waals surface area contributed by atoms with E-state index in [1.807, 2.05) is 0 Å². The van der Waals surface area contributed by atoms with Crippen molar-refractivity contribution < 1.29 is 0 Å². The molecule has 0 spiro atoms. The summed E-state index contributed by atoms with van der Waals surface area (Å²) in [5, 5.41) is 0. The fraction of sp³-hybridized carbons (Fsp3) is 1.00. The van der Waals surface area contributed by atoms with Crippen LogP contribution in [0.5, 0.6) is 0 Å². The molecule has 1 heteroatoms. The van der Waals surface area contributed by atoms with Gasteiger partial charge in [-0.05, 0) is 0 Å². The average molecular weight is 425 g/mol. The van der Waals surface area contributed by atoms with Crippen molar-refractivity contribution in [1.82, 2.24) is 0 Å². The molecule has 0 aromatic carbocycles. The molecule has 0 nitrogen and oxygen atoms in total. The Morgan fingerprint density at radius 2 is 0.517 bits per heavy atom. The molecule has 0 atom stereocenters. The highest BCUT2D eigenvalue weighted by Crippen LogP contribution is 2.29. The lowest BCUT2D eigenvalue weighted by atomic mass is 10.1. The zero-order chi connectivity index (χ0) is 21.5. The Kier molecular flexibility index (Phi) is 23.1. The van der Waals surface area contributed by atoms with E-state index in [9.17, 15) is 0 Å². The van der Waals surface area contributed by atoms with Gasteiger partial charge in [-0.1, -0.05) is 180 Å². The Morgan fingerprint density at radius 3 is 0.759 bits per heavy atom. The first kappa shape index (κ1) is 29.2. The minimum atomic E-state index is -0.976. The molecule has 0 rings (SSSR count). The van der Waals surface area contributed by atoms with Crippen LogP contribution in [-0.4, -0.2) is 8.07 Å². The highest BCUT2D eigenvalue weighted by Gasteiger charge is 2.25. The van der Waals surface area contributed by atoms with Crippen molar-refractivity contribution in [3.05, 3.63) is 0 Å². The summed E-state index contributed by atoms with van der Waals surface area (Å²) >= 11 is 0. The molecule has 0 aliphatic carbocycles. The second-order valence-corrected chi connectivity index (χ2v) is 15.5. The standard InChI is InChI=1S/C28H60Si/c1-5-8-11-14-17-20-23-26-29(4,27-24-21-18-15-12-9-6-2)28-25-22-19-16-13-10-7-3/h5-28H2,1-4H3. The molecule has 0 aromatic rings. The minimum absolute atomic E-state index is 0.976. The Morgan fingerprint density at radius 1 is 0.310 bits per heavy atom. The van der Waals surface area contributed by atoms with Crippen LogP contribution in [0, 0.1) is 0 Å². The van der Waals surface area contributed by atoms with Crippen LogP contribution in [0.15, 0.2) is 0 Å². The van der Waals surface area contributed by atoms with Crippen LogP contribution in [0.4, 0.5) is 0 Å². The van der Waals surface area contributed by atoms with Gasteiger partial charge < -0.3 is 0 Å². The van der Waals surface area contributed by atoms with Gasteiger partial charge in [0, 0.05) is 0 Å². The summed E-state index contributed by atoms with van der Waals surface area (Å²) in [7, 11) is -0.976. The molecule has 29 heavy (non-hydrogen) atoms. The number of rotatable bonds is 24. The van der Waals surface area contributed by atoms with Crippen LogP contribution >= 0.6 is 0 Å². The third-order valence-electron chi connectivity index (χ3n) is 7.15. The molecule has 0 bridgehead atoms. The van der Waals surface area contributed by atoms with Gasteiger partial charge in [-0.25, -0.2) is 0 Å². The SMILES string of the molecule is CCCCCCCCC[Si](C)(CCCCCCCCC)CCCCCCCCC. The zero-order valence-corrected chi connectivity index (χ0v) is 22.5. The van der Waals surface area contributed by atoms with Crippen molar-refractivity contribution in [2.45, 2.75) is 180 Å². The number of hydrogen-bond donors (Lipinski definition) is 0. The van der Waals surface area contributed by atoms with Gasteiger partial charge in [0.25, 0.3) is 0 Å². The second kappa shape index (κ2) is 22.9. The molecule has 0 saturated carbocycles. The fourth-order valence-electron chi connectivity index (χ4n) is 4.90. The molecule has 0 aromatic heterocycles. The van der Waals surface area contributed by atoms with Crippen LogP contribution in [0.2, 0.25) is 24.7 Å². The molecule has 0 unspecified atom stereocenters. The normalized spacial score (nSPS) is 12.0. The van der Waals surface area contributed by atoms with Crippen molar-refractivity contribution in [2.75, 3.05) is 0 Å². The Bertz CT molecular complexity index is 253. The monoisotopic (exact) mass is 424 g/mol. The van der Waals surface area contributed by atoms with Crippen molar-refractivity contribution in [2.24, 2.45) is 0 Å². The van der Waals surface area contributed by atoms with E-state index in [4.69, 9.17) is 0 Å². The van der Waals surface area contributed by atoms with Gasteiger partial charge in [-0.15, -0.1) is 0 Å². The van der Waals surface area contributed by atoms with Crippen LogP contribution in [0.25, 0.3) is 0 Å². The van der Waals surface area contributed by atoms with Crippen LogP contribution in [0.3, 0.4) is 0 Å². The molecule has 0 N–H and O–H groups in total. The molecule has 0 saturated heterocycles. The van der Waals surface area contributed by atoms with E-state index in [-0.39, 0.29) is 0 Å². The first-order valence-electron chi connectivity index (χ1n) is 14.2.